The van der Waals surface area contributed by atoms with Crippen molar-refractivity contribution in [2.45, 2.75) is 32.0 Å². The molecule has 0 radical (unpaired) electrons. The number of hydrogen-bond acceptors (Lipinski definition) is 6. The smallest absolute Gasteiger partial charge is 0.137 e. The average molecular weight is 331 g/mol. The molecule has 7 heteroatoms. The summed E-state index contributed by atoms with van der Waals surface area (Å²) in [6.45, 7) is 2.99. The first-order chi connectivity index (χ1) is 10.9. The van der Waals surface area contributed by atoms with Crippen molar-refractivity contribution >= 4 is 22.7 Å². The first-order valence-electron chi connectivity index (χ1n) is 7.43. The molecule has 1 aliphatic rings. The minimum absolute atomic E-state index is 0.536. The fourth-order valence-corrected chi connectivity index (χ4v) is 4.58. The molecule has 3 aromatic rings. The van der Waals surface area contributed by atoms with Gasteiger partial charge >= 0.3 is 0 Å². The molecule has 0 amide bonds. The van der Waals surface area contributed by atoms with Crippen molar-refractivity contribution < 1.29 is 0 Å². The Morgan fingerprint density at radius 2 is 2.32 bits per heavy atom. The maximum absolute atomic E-state index is 4.80. The lowest BCUT2D eigenvalue weighted by Crippen LogP contribution is -2.32. The van der Waals surface area contributed by atoms with Crippen LogP contribution in [0.5, 0.6) is 0 Å². The lowest BCUT2D eigenvalue weighted by atomic mass is 10.2. The summed E-state index contributed by atoms with van der Waals surface area (Å²) >= 11 is 3.49. The fraction of sp³-hybridized carbons (Fsp3) is 0.400. The molecule has 0 saturated carbocycles. The first-order valence-corrected chi connectivity index (χ1v) is 9.19. The van der Waals surface area contributed by atoms with Crippen LogP contribution in [0, 0.1) is 0 Å². The molecule has 4 heterocycles. The average Bonchev–Trinajstić information content (AvgIpc) is 3.28. The van der Waals surface area contributed by atoms with E-state index in [9.17, 15) is 0 Å². The molecule has 1 atom stereocenters. The van der Waals surface area contributed by atoms with Crippen LogP contribution in [0.3, 0.4) is 0 Å². The largest absolute Gasteiger partial charge is 0.293 e. The van der Waals surface area contributed by atoms with E-state index in [0.717, 1.165) is 24.6 Å². The highest BCUT2D eigenvalue weighted by molar-refractivity contribution is 7.20. The van der Waals surface area contributed by atoms with Crippen LogP contribution in [0.4, 0.5) is 0 Å². The molecule has 3 aromatic heterocycles. The highest BCUT2D eigenvalue weighted by atomic mass is 32.1. The summed E-state index contributed by atoms with van der Waals surface area (Å²) in [5.41, 5.74) is 1.18. The zero-order chi connectivity index (χ0) is 14.8. The third-order valence-corrected chi connectivity index (χ3v) is 5.94. The number of likely N-dealkylation sites (tertiary alicyclic amines) is 1. The fourth-order valence-electron chi connectivity index (χ4n) is 2.95. The van der Waals surface area contributed by atoms with Gasteiger partial charge in [0.15, 0.2) is 0 Å². The normalized spacial score (nSPS) is 19.0. The van der Waals surface area contributed by atoms with E-state index in [0.29, 0.717) is 6.04 Å². The van der Waals surface area contributed by atoms with Gasteiger partial charge in [-0.05, 0) is 30.8 Å². The quantitative estimate of drug-likeness (QED) is 0.721. The second kappa shape index (κ2) is 6.28. The summed E-state index contributed by atoms with van der Waals surface area (Å²) in [4.78, 5) is 12.6. The van der Waals surface area contributed by atoms with Crippen LogP contribution in [0.1, 0.15) is 18.5 Å². The molecule has 1 aliphatic heterocycles. The molecule has 1 fully saturated rings. The van der Waals surface area contributed by atoms with Crippen LogP contribution in [0.2, 0.25) is 0 Å². The SMILES string of the molecule is c1csc(-c2nc(CN3CCC[C@H]3Cn3cncn3)cs2)c1. The number of aromatic nitrogens is 4. The summed E-state index contributed by atoms with van der Waals surface area (Å²) in [7, 11) is 0. The minimum atomic E-state index is 0.536. The zero-order valence-corrected chi connectivity index (χ0v) is 13.8. The second-order valence-corrected chi connectivity index (χ2v) is 7.31. The van der Waals surface area contributed by atoms with Gasteiger partial charge in [0.05, 0.1) is 17.1 Å². The Hall–Kier alpha value is -1.57. The molecule has 0 bridgehead atoms. The summed E-state index contributed by atoms with van der Waals surface area (Å²) in [6.07, 6.45) is 5.88. The summed E-state index contributed by atoms with van der Waals surface area (Å²) in [5, 5.41) is 9.66. The van der Waals surface area contributed by atoms with Crippen molar-refractivity contribution in [3.63, 3.8) is 0 Å². The van der Waals surface area contributed by atoms with E-state index >= 15 is 0 Å². The predicted molar refractivity (Wildman–Crippen MR) is 88.9 cm³/mol. The Labute approximate surface area is 137 Å². The van der Waals surface area contributed by atoms with Gasteiger partial charge in [-0.2, -0.15) is 5.10 Å². The van der Waals surface area contributed by atoms with Gasteiger partial charge in [0.2, 0.25) is 0 Å². The van der Waals surface area contributed by atoms with E-state index in [2.05, 4.69) is 37.9 Å². The van der Waals surface area contributed by atoms with E-state index in [4.69, 9.17) is 4.98 Å². The van der Waals surface area contributed by atoms with Crippen LogP contribution in [-0.4, -0.2) is 37.2 Å². The van der Waals surface area contributed by atoms with E-state index < -0.39 is 0 Å². The van der Waals surface area contributed by atoms with Crippen LogP contribution >= 0.6 is 22.7 Å². The monoisotopic (exact) mass is 331 g/mol. The Balaban J connectivity index is 1.44. The molecule has 0 spiro atoms. The summed E-state index contributed by atoms with van der Waals surface area (Å²) < 4.78 is 1.93. The lowest BCUT2D eigenvalue weighted by molar-refractivity contribution is 0.217. The minimum Gasteiger partial charge on any atom is -0.293 e. The molecule has 0 aliphatic carbocycles. The zero-order valence-electron chi connectivity index (χ0n) is 12.1. The van der Waals surface area contributed by atoms with Crippen molar-refractivity contribution in [3.8, 4) is 9.88 Å². The van der Waals surface area contributed by atoms with Gasteiger partial charge in [0.25, 0.3) is 0 Å². The number of thiophene rings is 1. The summed E-state index contributed by atoms with van der Waals surface area (Å²) in [6, 6.07) is 4.75. The van der Waals surface area contributed by atoms with Gasteiger partial charge in [-0.25, -0.2) is 9.97 Å². The van der Waals surface area contributed by atoms with Gasteiger partial charge in [0.1, 0.15) is 17.7 Å². The summed E-state index contributed by atoms with van der Waals surface area (Å²) in [5.74, 6) is 0. The van der Waals surface area contributed by atoms with Crippen LogP contribution in [-0.2, 0) is 13.1 Å². The molecule has 0 aromatic carbocycles. The maximum atomic E-state index is 4.80. The highest BCUT2D eigenvalue weighted by Gasteiger charge is 2.25. The lowest BCUT2D eigenvalue weighted by Gasteiger charge is -2.23. The molecule has 4 rings (SSSR count). The topological polar surface area (TPSA) is 46.8 Å². The molecule has 5 nitrogen and oxygen atoms in total. The van der Waals surface area contributed by atoms with E-state index in [1.807, 2.05) is 4.68 Å². The molecule has 0 N–H and O–H groups in total. The Kier molecular flexibility index (Phi) is 4.01. The number of rotatable bonds is 5. The highest BCUT2D eigenvalue weighted by Crippen LogP contribution is 2.29. The Bertz CT molecular complexity index is 704. The Morgan fingerprint density at radius 1 is 1.32 bits per heavy atom. The van der Waals surface area contributed by atoms with Gasteiger partial charge in [-0.1, -0.05) is 6.07 Å². The van der Waals surface area contributed by atoms with Crippen LogP contribution in [0.25, 0.3) is 9.88 Å². The maximum Gasteiger partial charge on any atom is 0.137 e. The van der Waals surface area contributed by atoms with E-state index in [-0.39, 0.29) is 0 Å². The van der Waals surface area contributed by atoms with Crippen molar-refractivity contribution in [2.75, 3.05) is 6.54 Å². The third kappa shape index (κ3) is 2.97. The van der Waals surface area contributed by atoms with Gasteiger partial charge in [0, 0.05) is 18.0 Å². The van der Waals surface area contributed by atoms with Crippen molar-refractivity contribution in [3.05, 3.63) is 41.2 Å². The number of thiazole rings is 1. The van der Waals surface area contributed by atoms with Gasteiger partial charge < -0.3 is 0 Å². The number of nitrogens with zero attached hydrogens (tertiary/aromatic N) is 5. The molecular formula is C15H17N5S2. The van der Waals surface area contributed by atoms with Crippen LogP contribution < -0.4 is 0 Å². The second-order valence-electron chi connectivity index (χ2n) is 5.51. The van der Waals surface area contributed by atoms with E-state index in [1.54, 1.807) is 35.3 Å². The van der Waals surface area contributed by atoms with Crippen molar-refractivity contribution in [2.24, 2.45) is 0 Å². The predicted octanol–water partition coefficient (Wildman–Crippen LogP) is 3.13. The molecule has 114 valence electrons. The van der Waals surface area contributed by atoms with Crippen molar-refractivity contribution in [1.82, 2.24) is 24.6 Å². The van der Waals surface area contributed by atoms with Gasteiger partial charge in [-0.15, -0.1) is 22.7 Å². The molecule has 0 unspecified atom stereocenters. The van der Waals surface area contributed by atoms with Crippen LogP contribution in [0.15, 0.2) is 35.5 Å². The van der Waals surface area contributed by atoms with E-state index in [1.165, 1.54) is 23.4 Å². The third-order valence-electron chi connectivity index (χ3n) is 4.01. The standard InChI is InChI=1S/C15H17N5S2/c1-3-13(8-20-11-16-10-17-20)19(5-1)7-12-9-22-15(18-12)14-4-2-6-21-14/h2,4,6,9-11,13H,1,3,5,7-8H2/t13-/m0/s1. The van der Waals surface area contributed by atoms with Gasteiger partial charge in [-0.3, -0.25) is 9.58 Å². The molecule has 22 heavy (non-hydrogen) atoms. The molecular weight excluding hydrogens is 314 g/mol. The first kappa shape index (κ1) is 14.0. The molecule has 1 saturated heterocycles. The van der Waals surface area contributed by atoms with Crippen molar-refractivity contribution in [1.29, 1.82) is 0 Å². The Morgan fingerprint density at radius 3 is 3.14 bits per heavy atom. The number of hydrogen-bond donors (Lipinski definition) is 0.